The number of aliphatic hydroxyl groups is 1. The molecule has 0 amide bonds. The maximum Gasteiger partial charge on any atom is 0.289 e. The summed E-state index contributed by atoms with van der Waals surface area (Å²) in [6.45, 7) is 2.81. The molecule has 1 aromatic carbocycles. The topological polar surface area (TPSA) is 101 Å². The highest BCUT2D eigenvalue weighted by Gasteiger charge is 2.31. The zero-order valence-corrected chi connectivity index (χ0v) is 11.7. The fraction of sp³-hybridized carbons (Fsp3) is 0.455. The number of aliphatic hydroxyl groups excluding tert-OH is 1. The molecule has 0 radical (unpaired) electrons. The van der Waals surface area contributed by atoms with Gasteiger partial charge in [0, 0.05) is 19.7 Å². The summed E-state index contributed by atoms with van der Waals surface area (Å²) in [6.07, 6.45) is -0.858. The van der Waals surface area contributed by atoms with E-state index in [4.69, 9.17) is 0 Å². The highest BCUT2D eigenvalue weighted by molar-refractivity contribution is 7.89. The second kappa shape index (κ2) is 5.64. The number of sulfonamides is 1. The zero-order valence-electron chi connectivity index (χ0n) is 10.9. The average Bonchev–Trinajstić information content (AvgIpc) is 2.27. The van der Waals surface area contributed by atoms with Crippen LogP contribution in [0.1, 0.15) is 12.5 Å². The summed E-state index contributed by atoms with van der Waals surface area (Å²) in [6, 6.07) is 4.08. The maximum atomic E-state index is 12.3. The van der Waals surface area contributed by atoms with Crippen molar-refractivity contribution in [1.29, 1.82) is 0 Å². The molecule has 7 nitrogen and oxygen atoms in total. The molecule has 0 saturated heterocycles. The Hall–Kier alpha value is -1.51. The smallest absolute Gasteiger partial charge is 0.289 e. The summed E-state index contributed by atoms with van der Waals surface area (Å²) in [7, 11) is -2.73. The Labute approximate surface area is 111 Å². The Morgan fingerprint density at radius 1 is 1.47 bits per heavy atom. The van der Waals surface area contributed by atoms with Gasteiger partial charge in [0.2, 0.25) is 10.0 Å². The highest BCUT2D eigenvalue weighted by Crippen LogP contribution is 2.29. The summed E-state index contributed by atoms with van der Waals surface area (Å²) >= 11 is 0. The van der Waals surface area contributed by atoms with Gasteiger partial charge in [-0.15, -0.1) is 0 Å². The van der Waals surface area contributed by atoms with E-state index in [1.165, 1.54) is 33.0 Å². The fourth-order valence-electron chi connectivity index (χ4n) is 1.74. The lowest BCUT2D eigenvalue weighted by molar-refractivity contribution is -0.387. The third-order valence-corrected chi connectivity index (χ3v) is 4.59. The first-order valence-corrected chi connectivity index (χ1v) is 7.00. The Morgan fingerprint density at radius 2 is 2.05 bits per heavy atom. The second-order valence-electron chi connectivity index (χ2n) is 4.31. The summed E-state index contributed by atoms with van der Waals surface area (Å²) in [5.74, 6) is 0. The zero-order chi connectivity index (χ0) is 14.8. The van der Waals surface area contributed by atoms with Crippen LogP contribution in [0.2, 0.25) is 0 Å². The number of nitro benzene ring substituents is 1. The molecule has 0 bridgehead atoms. The van der Waals surface area contributed by atoms with Crippen molar-refractivity contribution in [2.45, 2.75) is 24.8 Å². The lowest BCUT2D eigenvalue weighted by Gasteiger charge is -2.19. The Balaban J connectivity index is 3.40. The lowest BCUT2D eigenvalue weighted by atomic mass is 10.2. The van der Waals surface area contributed by atoms with E-state index < -0.39 is 26.7 Å². The third kappa shape index (κ3) is 3.28. The van der Waals surface area contributed by atoms with E-state index in [2.05, 4.69) is 0 Å². The van der Waals surface area contributed by atoms with Crippen LogP contribution in [0.3, 0.4) is 0 Å². The van der Waals surface area contributed by atoms with Crippen LogP contribution in [-0.4, -0.2) is 42.4 Å². The number of nitrogens with zero attached hydrogens (tertiary/aromatic N) is 2. The van der Waals surface area contributed by atoms with E-state index in [9.17, 15) is 23.6 Å². The molecular formula is C11H16N2O5S. The fourth-order valence-corrected chi connectivity index (χ4v) is 3.35. The summed E-state index contributed by atoms with van der Waals surface area (Å²) in [5, 5.41) is 20.2. The predicted molar refractivity (Wildman–Crippen MR) is 69.3 cm³/mol. The molecule has 0 aromatic heterocycles. The van der Waals surface area contributed by atoms with E-state index in [-0.39, 0.29) is 11.4 Å². The molecule has 0 aliphatic heterocycles. The Bertz CT molecular complexity index is 583. The molecule has 1 aromatic rings. The monoisotopic (exact) mass is 288 g/mol. The minimum atomic E-state index is -4.01. The molecule has 19 heavy (non-hydrogen) atoms. The Kier molecular flexibility index (Phi) is 4.61. The van der Waals surface area contributed by atoms with Crippen molar-refractivity contribution in [2.24, 2.45) is 0 Å². The summed E-state index contributed by atoms with van der Waals surface area (Å²) in [4.78, 5) is 9.88. The van der Waals surface area contributed by atoms with Gasteiger partial charge in [0.25, 0.3) is 5.69 Å². The van der Waals surface area contributed by atoms with Gasteiger partial charge < -0.3 is 5.11 Å². The van der Waals surface area contributed by atoms with Crippen molar-refractivity contribution >= 4 is 15.7 Å². The van der Waals surface area contributed by atoms with E-state index >= 15 is 0 Å². The van der Waals surface area contributed by atoms with Crippen molar-refractivity contribution in [3.05, 3.63) is 33.9 Å². The average molecular weight is 288 g/mol. The van der Waals surface area contributed by atoms with Crippen molar-refractivity contribution in [2.75, 3.05) is 13.6 Å². The van der Waals surface area contributed by atoms with Crippen LogP contribution >= 0.6 is 0 Å². The molecule has 0 fully saturated rings. The number of nitro groups is 1. The predicted octanol–water partition coefficient (Wildman–Crippen LogP) is 0.905. The molecule has 0 heterocycles. The molecule has 0 saturated carbocycles. The van der Waals surface area contributed by atoms with Gasteiger partial charge in [-0.3, -0.25) is 10.1 Å². The van der Waals surface area contributed by atoms with Gasteiger partial charge >= 0.3 is 0 Å². The van der Waals surface area contributed by atoms with Crippen LogP contribution in [0.5, 0.6) is 0 Å². The summed E-state index contributed by atoms with van der Waals surface area (Å²) < 4.78 is 25.6. The summed E-state index contributed by atoms with van der Waals surface area (Å²) in [5.41, 5.74) is -0.163. The maximum absolute atomic E-state index is 12.3. The lowest BCUT2D eigenvalue weighted by Crippen LogP contribution is -2.33. The van der Waals surface area contributed by atoms with Gasteiger partial charge in [-0.2, -0.15) is 4.31 Å². The number of benzene rings is 1. The Morgan fingerprint density at radius 3 is 2.53 bits per heavy atom. The largest absolute Gasteiger partial charge is 0.392 e. The van der Waals surface area contributed by atoms with Crippen molar-refractivity contribution < 1.29 is 18.4 Å². The molecule has 0 spiro atoms. The number of likely N-dealkylation sites (N-methyl/N-ethyl adjacent to an activating group) is 1. The molecule has 1 N–H and O–H groups in total. The molecular weight excluding hydrogens is 272 g/mol. The van der Waals surface area contributed by atoms with Crippen LogP contribution in [0.4, 0.5) is 5.69 Å². The van der Waals surface area contributed by atoms with Crippen LogP contribution in [0.15, 0.2) is 23.1 Å². The van der Waals surface area contributed by atoms with Gasteiger partial charge in [-0.05, 0) is 19.4 Å². The van der Waals surface area contributed by atoms with Crippen LogP contribution in [-0.2, 0) is 10.0 Å². The van der Waals surface area contributed by atoms with Crippen molar-refractivity contribution in [3.8, 4) is 0 Å². The molecule has 1 atom stereocenters. The third-order valence-electron chi connectivity index (χ3n) is 2.58. The van der Waals surface area contributed by atoms with E-state index in [0.29, 0.717) is 5.56 Å². The SMILES string of the molecule is Cc1cccc([N+](=O)[O-])c1S(=O)(=O)N(C)C[C@@H](C)O. The molecule has 8 heteroatoms. The highest BCUT2D eigenvalue weighted by atomic mass is 32.2. The van der Waals surface area contributed by atoms with Crippen LogP contribution in [0.25, 0.3) is 0 Å². The minimum absolute atomic E-state index is 0.131. The normalized spacial score (nSPS) is 13.5. The number of hydrogen-bond acceptors (Lipinski definition) is 5. The van der Waals surface area contributed by atoms with Crippen LogP contribution in [0, 0.1) is 17.0 Å². The minimum Gasteiger partial charge on any atom is -0.392 e. The molecule has 106 valence electrons. The van der Waals surface area contributed by atoms with E-state index in [0.717, 1.165) is 10.4 Å². The molecule has 0 unspecified atom stereocenters. The standard InChI is InChI=1S/C11H16N2O5S/c1-8-5-4-6-10(13(15)16)11(8)19(17,18)12(3)7-9(2)14/h4-6,9,14H,7H2,1-3H3/t9-/m1/s1. The molecule has 0 aliphatic carbocycles. The number of hydrogen-bond donors (Lipinski definition) is 1. The first-order valence-electron chi connectivity index (χ1n) is 5.56. The van der Waals surface area contributed by atoms with Crippen LogP contribution < -0.4 is 0 Å². The van der Waals surface area contributed by atoms with Gasteiger partial charge in [0.05, 0.1) is 11.0 Å². The van der Waals surface area contributed by atoms with Gasteiger partial charge in [0.15, 0.2) is 4.90 Å². The first-order chi connectivity index (χ1) is 8.67. The van der Waals surface area contributed by atoms with E-state index in [1.54, 1.807) is 0 Å². The molecule has 1 rings (SSSR count). The second-order valence-corrected chi connectivity index (χ2v) is 6.30. The quantitative estimate of drug-likeness (QED) is 0.641. The number of rotatable bonds is 5. The van der Waals surface area contributed by atoms with Gasteiger partial charge in [-0.1, -0.05) is 12.1 Å². The first kappa shape index (κ1) is 15.5. The number of aryl methyl sites for hydroxylation is 1. The van der Waals surface area contributed by atoms with Gasteiger partial charge in [-0.25, -0.2) is 8.42 Å². The van der Waals surface area contributed by atoms with E-state index in [1.807, 2.05) is 0 Å². The van der Waals surface area contributed by atoms with Crippen molar-refractivity contribution in [1.82, 2.24) is 4.31 Å². The molecule has 0 aliphatic rings. The van der Waals surface area contributed by atoms with Crippen molar-refractivity contribution in [3.63, 3.8) is 0 Å². The van der Waals surface area contributed by atoms with Gasteiger partial charge in [0.1, 0.15) is 0 Å².